The summed E-state index contributed by atoms with van der Waals surface area (Å²) in [5.41, 5.74) is 2.73. The van der Waals surface area contributed by atoms with E-state index in [1.807, 2.05) is 65.5 Å². The van der Waals surface area contributed by atoms with Crippen LogP contribution >= 0.6 is 0 Å². The third-order valence-electron chi connectivity index (χ3n) is 6.78. The Bertz CT molecular complexity index is 1250. The summed E-state index contributed by atoms with van der Waals surface area (Å²) in [7, 11) is 0. The number of hydrogen-bond donors (Lipinski definition) is 1. The normalized spacial score (nSPS) is 23.6. The minimum Gasteiger partial charge on any atom is -0.477 e. The van der Waals surface area contributed by atoms with Gasteiger partial charge in [-0.05, 0) is 35.8 Å². The number of carboxylic acids is 1. The molecule has 0 saturated carbocycles. The molecule has 0 bridgehead atoms. The number of allylic oxidation sites excluding steroid dienone is 3. The summed E-state index contributed by atoms with van der Waals surface area (Å²) in [5.74, 6) is -1.50. The molecule has 7 heteroatoms. The number of aliphatic carboxylic acids is 1. The molecule has 2 amide bonds. The molecule has 7 nitrogen and oxygen atoms in total. The van der Waals surface area contributed by atoms with E-state index in [1.54, 1.807) is 11.0 Å². The number of likely N-dealkylation sites (tertiary alicyclic amines) is 1. The van der Waals surface area contributed by atoms with Gasteiger partial charge in [-0.15, -0.1) is 0 Å². The average Bonchev–Trinajstić information content (AvgIpc) is 3.20. The van der Waals surface area contributed by atoms with Crippen LogP contribution in [0.5, 0.6) is 0 Å². The van der Waals surface area contributed by atoms with Crippen molar-refractivity contribution in [3.63, 3.8) is 0 Å². The van der Waals surface area contributed by atoms with E-state index in [0.29, 0.717) is 25.1 Å². The van der Waals surface area contributed by atoms with Gasteiger partial charge < -0.3 is 10.0 Å². The standard InChI is InChI=1S/C27H25N3O4/c1-18(31)29-17-22-15-21(24(27(33)34)30-23(22)25(29)26(30)32)12-11-20-10-6-14-28(16-20)13-5-9-19-7-3-2-4-8-19/h2-12,14,16,22-23,25H,13,15,17H2,1H3/p+1/b9-5+,12-11+/t22?,23-,25?/m1/s1. The van der Waals surface area contributed by atoms with Crippen molar-refractivity contribution in [3.8, 4) is 0 Å². The Hall–Kier alpha value is -4.00. The Morgan fingerprint density at radius 1 is 1.09 bits per heavy atom. The van der Waals surface area contributed by atoms with Crippen LogP contribution in [-0.2, 0) is 20.9 Å². The molecule has 0 radical (unpaired) electrons. The topological polar surface area (TPSA) is 81.8 Å². The molecule has 3 aliphatic heterocycles. The number of amides is 2. The summed E-state index contributed by atoms with van der Waals surface area (Å²) in [5, 5.41) is 9.87. The SMILES string of the molecule is CC(=O)N1CC2CC(/C=C/c3ccc[n+](C/C=C/c4ccccc4)c3)=C(C(=O)O)N3C(=O)C1[C@@H]23. The highest BCUT2D eigenvalue weighted by Crippen LogP contribution is 2.47. The fourth-order valence-corrected chi connectivity index (χ4v) is 5.27. The summed E-state index contributed by atoms with van der Waals surface area (Å²) in [6.07, 6.45) is 12.3. The molecule has 0 aliphatic carbocycles. The summed E-state index contributed by atoms with van der Waals surface area (Å²) in [4.78, 5) is 39.8. The maximum absolute atomic E-state index is 12.8. The molecule has 1 aromatic heterocycles. The van der Waals surface area contributed by atoms with Crippen LogP contribution in [0.25, 0.3) is 12.2 Å². The molecule has 5 rings (SSSR count). The highest BCUT2D eigenvalue weighted by atomic mass is 16.4. The van der Waals surface area contributed by atoms with Gasteiger partial charge in [-0.2, -0.15) is 0 Å². The lowest BCUT2D eigenvalue weighted by Crippen LogP contribution is -2.69. The Morgan fingerprint density at radius 3 is 2.59 bits per heavy atom. The second-order valence-electron chi connectivity index (χ2n) is 8.94. The van der Waals surface area contributed by atoms with E-state index in [-0.39, 0.29) is 29.5 Å². The van der Waals surface area contributed by atoms with Gasteiger partial charge in [0.1, 0.15) is 11.7 Å². The zero-order valence-corrected chi connectivity index (χ0v) is 18.9. The first-order valence-electron chi connectivity index (χ1n) is 11.4. The van der Waals surface area contributed by atoms with Crippen LogP contribution in [0.15, 0.2) is 78.3 Å². The molecule has 4 heterocycles. The van der Waals surface area contributed by atoms with Gasteiger partial charge in [-0.1, -0.05) is 42.5 Å². The summed E-state index contributed by atoms with van der Waals surface area (Å²) in [6.45, 7) is 2.64. The number of aromatic nitrogens is 1. The average molecular weight is 457 g/mol. The van der Waals surface area contributed by atoms with Crippen molar-refractivity contribution in [2.45, 2.75) is 32.0 Å². The number of hydrogen-bond acceptors (Lipinski definition) is 3. The van der Waals surface area contributed by atoms with Gasteiger partial charge in [0.05, 0.1) is 6.04 Å². The number of rotatable bonds is 6. The zero-order valence-electron chi connectivity index (χ0n) is 18.9. The first-order chi connectivity index (χ1) is 16.4. The molecular formula is C27H26N3O4+. The largest absolute Gasteiger partial charge is 0.477 e. The number of benzene rings is 1. The van der Waals surface area contributed by atoms with Crippen LogP contribution in [0.1, 0.15) is 24.5 Å². The van der Waals surface area contributed by atoms with Crippen molar-refractivity contribution < 1.29 is 24.1 Å². The van der Waals surface area contributed by atoms with Gasteiger partial charge in [0.25, 0.3) is 5.91 Å². The van der Waals surface area contributed by atoms with E-state index in [1.165, 1.54) is 11.8 Å². The molecule has 0 spiro atoms. The van der Waals surface area contributed by atoms with Gasteiger partial charge in [-0.3, -0.25) is 14.5 Å². The number of nitrogens with zero attached hydrogens (tertiary/aromatic N) is 3. The Labute approximate surface area is 197 Å². The molecule has 34 heavy (non-hydrogen) atoms. The van der Waals surface area contributed by atoms with E-state index in [4.69, 9.17) is 0 Å². The maximum atomic E-state index is 12.8. The molecule has 2 saturated heterocycles. The fourth-order valence-electron chi connectivity index (χ4n) is 5.27. The molecule has 1 aromatic carbocycles. The van der Waals surface area contributed by atoms with Crippen molar-refractivity contribution >= 4 is 29.9 Å². The summed E-state index contributed by atoms with van der Waals surface area (Å²) < 4.78 is 2.05. The lowest BCUT2D eigenvalue weighted by atomic mass is 9.79. The zero-order chi connectivity index (χ0) is 23.8. The monoisotopic (exact) mass is 456 g/mol. The van der Waals surface area contributed by atoms with E-state index in [0.717, 1.165) is 11.1 Å². The Kier molecular flexibility index (Phi) is 5.61. The van der Waals surface area contributed by atoms with Crippen molar-refractivity contribution in [2.75, 3.05) is 6.54 Å². The first-order valence-corrected chi connectivity index (χ1v) is 11.4. The van der Waals surface area contributed by atoms with Crippen molar-refractivity contribution in [1.82, 2.24) is 9.80 Å². The Balaban J connectivity index is 1.35. The van der Waals surface area contributed by atoms with Gasteiger partial charge in [0.2, 0.25) is 5.91 Å². The van der Waals surface area contributed by atoms with E-state index in [9.17, 15) is 19.5 Å². The van der Waals surface area contributed by atoms with E-state index >= 15 is 0 Å². The molecule has 172 valence electrons. The maximum Gasteiger partial charge on any atom is 0.352 e. The predicted octanol–water partition coefficient (Wildman–Crippen LogP) is 2.50. The van der Waals surface area contributed by atoms with Gasteiger partial charge in [0, 0.05) is 31.0 Å². The molecule has 3 atom stereocenters. The minimum atomic E-state index is -1.11. The predicted molar refractivity (Wildman–Crippen MR) is 126 cm³/mol. The first kappa shape index (κ1) is 21.8. The smallest absolute Gasteiger partial charge is 0.352 e. The summed E-state index contributed by atoms with van der Waals surface area (Å²) >= 11 is 0. The van der Waals surface area contributed by atoms with Gasteiger partial charge >= 0.3 is 5.97 Å². The highest BCUT2D eigenvalue weighted by Gasteiger charge is 2.63. The number of carbonyl (C=O) groups is 3. The quantitative estimate of drug-likeness (QED) is 0.535. The third kappa shape index (κ3) is 3.83. The number of pyridine rings is 1. The lowest BCUT2D eigenvalue weighted by Gasteiger charge is -2.49. The van der Waals surface area contributed by atoms with Crippen LogP contribution in [0.2, 0.25) is 0 Å². The van der Waals surface area contributed by atoms with E-state index in [2.05, 4.69) is 12.2 Å². The number of β-lactam (4-membered cyclic amide) rings is 1. The fraction of sp³-hybridized carbons (Fsp3) is 0.259. The van der Waals surface area contributed by atoms with Crippen LogP contribution in [0, 0.1) is 5.92 Å². The molecule has 2 aromatic rings. The molecule has 2 fully saturated rings. The minimum absolute atomic E-state index is 0.0405. The lowest BCUT2D eigenvalue weighted by molar-refractivity contribution is -0.687. The van der Waals surface area contributed by atoms with Crippen molar-refractivity contribution in [2.24, 2.45) is 5.92 Å². The third-order valence-corrected chi connectivity index (χ3v) is 6.78. The van der Waals surface area contributed by atoms with Crippen LogP contribution in [0.4, 0.5) is 0 Å². The van der Waals surface area contributed by atoms with Gasteiger partial charge in [0.15, 0.2) is 18.9 Å². The number of carbonyl (C=O) groups excluding carboxylic acids is 2. The van der Waals surface area contributed by atoms with Crippen LogP contribution in [0.3, 0.4) is 0 Å². The van der Waals surface area contributed by atoms with Crippen LogP contribution in [-0.4, -0.2) is 51.3 Å². The highest BCUT2D eigenvalue weighted by molar-refractivity contribution is 6.02. The number of carboxylic acid groups (broad SMARTS) is 1. The van der Waals surface area contributed by atoms with Crippen LogP contribution < -0.4 is 4.57 Å². The van der Waals surface area contributed by atoms with Gasteiger partial charge in [-0.25, -0.2) is 9.36 Å². The van der Waals surface area contributed by atoms with E-state index < -0.39 is 12.0 Å². The Morgan fingerprint density at radius 2 is 1.85 bits per heavy atom. The molecule has 3 aliphatic rings. The molecular weight excluding hydrogens is 430 g/mol. The van der Waals surface area contributed by atoms with Crippen molar-refractivity contribution in [3.05, 3.63) is 89.4 Å². The second-order valence-corrected chi connectivity index (χ2v) is 8.94. The second kappa shape index (κ2) is 8.74. The molecule has 2 unspecified atom stereocenters. The van der Waals surface area contributed by atoms with Crippen molar-refractivity contribution in [1.29, 1.82) is 0 Å². The molecule has 1 N–H and O–H groups in total. The summed E-state index contributed by atoms with van der Waals surface area (Å²) in [6, 6.07) is 13.3.